The molecule has 0 aliphatic carbocycles. The van der Waals surface area contributed by atoms with Gasteiger partial charge in [-0.1, -0.05) is 23.7 Å². The predicted molar refractivity (Wildman–Crippen MR) is 128 cm³/mol. The number of benzene rings is 1. The number of halogens is 1. The van der Waals surface area contributed by atoms with Crippen molar-refractivity contribution in [3.05, 3.63) is 63.8 Å². The van der Waals surface area contributed by atoms with Crippen LogP contribution in [0.3, 0.4) is 0 Å². The number of carbonyl (C=O) groups is 1. The van der Waals surface area contributed by atoms with Gasteiger partial charge >= 0.3 is 0 Å². The van der Waals surface area contributed by atoms with Crippen LogP contribution >= 0.6 is 11.6 Å². The first-order valence-electron chi connectivity index (χ1n) is 10.6. The summed E-state index contributed by atoms with van der Waals surface area (Å²) < 4.78 is 3.10. The number of allylic oxidation sites excluding steroid dienone is 1. The molecule has 172 valence electrons. The van der Waals surface area contributed by atoms with Gasteiger partial charge in [0, 0.05) is 37.7 Å². The van der Waals surface area contributed by atoms with Gasteiger partial charge in [0.2, 0.25) is 6.41 Å². The van der Waals surface area contributed by atoms with Crippen LogP contribution in [0.2, 0.25) is 5.15 Å². The summed E-state index contributed by atoms with van der Waals surface area (Å²) in [6.45, 7) is 0.994. The summed E-state index contributed by atoms with van der Waals surface area (Å²) in [5.74, 6) is 0. The van der Waals surface area contributed by atoms with E-state index in [9.17, 15) is 14.7 Å². The number of fused-ring (bicyclic) bond motifs is 1. The Balaban J connectivity index is 1.71. The van der Waals surface area contributed by atoms with Gasteiger partial charge in [0.1, 0.15) is 11.5 Å². The molecule has 0 unspecified atom stereocenters. The molecule has 0 atom stereocenters. The van der Waals surface area contributed by atoms with Crippen molar-refractivity contribution in [2.45, 2.75) is 25.0 Å². The van der Waals surface area contributed by atoms with Crippen LogP contribution in [0.25, 0.3) is 22.4 Å². The van der Waals surface area contributed by atoms with Crippen LogP contribution in [-0.4, -0.2) is 62.5 Å². The summed E-state index contributed by atoms with van der Waals surface area (Å²) in [5.41, 5.74) is 1.40. The number of hydrogen-bond acceptors (Lipinski definition) is 6. The zero-order chi connectivity index (χ0) is 23.6. The highest BCUT2D eigenvalue weighted by atomic mass is 35.5. The van der Waals surface area contributed by atoms with Crippen molar-refractivity contribution in [2.75, 3.05) is 20.1 Å². The van der Waals surface area contributed by atoms with Crippen molar-refractivity contribution in [3.63, 3.8) is 0 Å². The lowest BCUT2D eigenvalue weighted by atomic mass is 9.91. The normalized spacial score (nSPS) is 16.1. The van der Waals surface area contributed by atoms with Gasteiger partial charge in [0.05, 0.1) is 17.5 Å². The lowest BCUT2D eigenvalue weighted by Crippen LogP contribution is -2.47. The van der Waals surface area contributed by atoms with Gasteiger partial charge in [-0.15, -0.1) is 0 Å². The molecular weight excluding hydrogens is 444 g/mol. The van der Waals surface area contributed by atoms with Gasteiger partial charge < -0.3 is 20.7 Å². The Morgan fingerprint density at radius 1 is 1.33 bits per heavy atom. The molecule has 1 fully saturated rings. The number of hydrogen-bond donors (Lipinski definition) is 3. The molecule has 3 heterocycles. The Morgan fingerprint density at radius 3 is 2.76 bits per heavy atom. The van der Waals surface area contributed by atoms with Crippen LogP contribution in [0.1, 0.15) is 18.4 Å². The van der Waals surface area contributed by atoms with Gasteiger partial charge in [0.25, 0.3) is 5.56 Å². The lowest BCUT2D eigenvalue weighted by Gasteiger charge is -2.36. The van der Waals surface area contributed by atoms with E-state index >= 15 is 0 Å². The summed E-state index contributed by atoms with van der Waals surface area (Å²) >= 11 is 6.53. The topological polar surface area (TPSA) is 116 Å². The number of piperidine rings is 1. The first-order valence-corrected chi connectivity index (χ1v) is 10.9. The van der Waals surface area contributed by atoms with Crippen LogP contribution in [0.5, 0.6) is 0 Å². The fourth-order valence-corrected chi connectivity index (χ4v) is 4.47. The zero-order valence-corrected chi connectivity index (χ0v) is 18.9. The molecule has 0 bridgehead atoms. The number of carbonyl (C=O) groups excluding carboxylic acids is 1. The van der Waals surface area contributed by atoms with E-state index in [-0.39, 0.29) is 12.1 Å². The number of amides is 1. The van der Waals surface area contributed by atoms with E-state index in [0.29, 0.717) is 42.1 Å². The molecule has 0 saturated carbocycles. The van der Waals surface area contributed by atoms with Crippen LogP contribution in [0.15, 0.2) is 47.5 Å². The average Bonchev–Trinajstić information content (AvgIpc) is 3.16. The molecule has 2 aromatic heterocycles. The molecule has 0 spiro atoms. The van der Waals surface area contributed by atoms with Crippen LogP contribution < -0.4 is 10.9 Å². The maximum Gasteiger partial charge on any atom is 0.262 e. The number of rotatable bonds is 7. The summed E-state index contributed by atoms with van der Waals surface area (Å²) in [6.07, 6.45) is 5.84. The standard InChI is InChI=1S/C23H25ClN6O3/c1-26-19(5-8-25)16-3-2-4-17(11-16)30-20(24)12-18-21(30)27-14-29(22(18)32)13-23(33)6-9-28(15-31)10-7-23/h2-5,8,11-12,14-15,25-26,33H,6-7,9-10,13H2,1H3/b19-5-,25-8?. The number of aliphatic hydroxyl groups is 1. The molecule has 1 aliphatic heterocycles. The minimum atomic E-state index is -1.08. The van der Waals surface area contributed by atoms with E-state index in [4.69, 9.17) is 17.0 Å². The quantitative estimate of drug-likeness (QED) is 0.362. The van der Waals surface area contributed by atoms with Gasteiger partial charge in [-0.25, -0.2) is 4.98 Å². The molecule has 10 heteroatoms. The van der Waals surface area contributed by atoms with Crippen molar-refractivity contribution in [3.8, 4) is 5.69 Å². The number of likely N-dealkylation sites (tertiary alicyclic amines) is 1. The molecule has 33 heavy (non-hydrogen) atoms. The van der Waals surface area contributed by atoms with Crippen LogP contribution in [-0.2, 0) is 11.3 Å². The van der Waals surface area contributed by atoms with Gasteiger partial charge in [-0.3, -0.25) is 18.7 Å². The molecule has 1 aliphatic rings. The maximum atomic E-state index is 13.2. The molecule has 1 saturated heterocycles. The number of aromatic nitrogens is 3. The Morgan fingerprint density at radius 2 is 2.09 bits per heavy atom. The highest BCUT2D eigenvalue weighted by Gasteiger charge is 2.33. The maximum absolute atomic E-state index is 13.2. The highest BCUT2D eigenvalue weighted by Crippen LogP contribution is 2.27. The van der Waals surface area contributed by atoms with E-state index < -0.39 is 5.60 Å². The first-order chi connectivity index (χ1) is 15.9. The zero-order valence-electron chi connectivity index (χ0n) is 18.2. The summed E-state index contributed by atoms with van der Waals surface area (Å²) in [6, 6.07) is 9.12. The van der Waals surface area contributed by atoms with Crippen molar-refractivity contribution in [1.29, 1.82) is 5.41 Å². The summed E-state index contributed by atoms with van der Waals surface area (Å²) in [5, 5.41) is 22.0. The molecular formula is C23H25ClN6O3. The molecule has 3 N–H and O–H groups in total. The van der Waals surface area contributed by atoms with Gasteiger partial charge in [-0.2, -0.15) is 0 Å². The number of nitrogens with zero attached hydrogens (tertiary/aromatic N) is 4. The van der Waals surface area contributed by atoms with E-state index in [2.05, 4.69) is 10.3 Å². The van der Waals surface area contributed by atoms with Crippen molar-refractivity contribution >= 4 is 41.0 Å². The summed E-state index contributed by atoms with van der Waals surface area (Å²) in [4.78, 5) is 30.2. The smallest absolute Gasteiger partial charge is 0.262 e. The molecule has 3 aromatic rings. The summed E-state index contributed by atoms with van der Waals surface area (Å²) in [7, 11) is 1.78. The van der Waals surface area contributed by atoms with Gasteiger partial charge in [0.15, 0.2) is 5.65 Å². The second kappa shape index (κ2) is 9.21. The van der Waals surface area contributed by atoms with E-state index in [1.54, 1.807) is 28.7 Å². The second-order valence-corrected chi connectivity index (χ2v) is 8.52. The third-order valence-electron chi connectivity index (χ3n) is 6.02. The van der Waals surface area contributed by atoms with E-state index in [1.807, 2.05) is 24.3 Å². The average molecular weight is 469 g/mol. The largest absolute Gasteiger partial charge is 0.388 e. The minimum absolute atomic E-state index is 0.0969. The second-order valence-electron chi connectivity index (χ2n) is 8.13. The molecule has 1 aromatic carbocycles. The molecule has 9 nitrogen and oxygen atoms in total. The SMILES string of the molecule is CN/C(=C\C=N)c1cccc(-n2c(Cl)cc3c(=O)n(CC4(O)CCN(C=O)CC4)cnc32)c1. The monoisotopic (exact) mass is 468 g/mol. The Hall–Kier alpha value is -3.43. The molecule has 0 radical (unpaired) electrons. The van der Waals surface area contributed by atoms with E-state index in [0.717, 1.165) is 23.4 Å². The predicted octanol–water partition coefficient (Wildman–Crippen LogP) is 2.03. The van der Waals surface area contributed by atoms with E-state index in [1.165, 1.54) is 17.1 Å². The van der Waals surface area contributed by atoms with Gasteiger partial charge in [-0.05, 0) is 42.7 Å². The minimum Gasteiger partial charge on any atom is -0.388 e. The van der Waals surface area contributed by atoms with Crippen molar-refractivity contribution in [2.24, 2.45) is 0 Å². The van der Waals surface area contributed by atoms with Crippen molar-refractivity contribution < 1.29 is 9.90 Å². The number of nitrogens with one attached hydrogen (secondary N) is 2. The fourth-order valence-electron chi connectivity index (χ4n) is 4.18. The Bertz CT molecular complexity index is 1290. The molecule has 4 rings (SSSR count). The third kappa shape index (κ3) is 4.42. The fraction of sp³-hybridized carbons (Fsp3) is 0.304. The Labute approximate surface area is 195 Å². The first kappa shape index (κ1) is 22.8. The van der Waals surface area contributed by atoms with Crippen LogP contribution in [0.4, 0.5) is 0 Å². The van der Waals surface area contributed by atoms with Crippen molar-refractivity contribution in [1.82, 2.24) is 24.3 Å². The lowest BCUT2D eigenvalue weighted by molar-refractivity contribution is -0.122. The highest BCUT2D eigenvalue weighted by molar-refractivity contribution is 6.31. The third-order valence-corrected chi connectivity index (χ3v) is 6.30. The Kier molecular flexibility index (Phi) is 6.35. The van der Waals surface area contributed by atoms with Crippen LogP contribution in [0, 0.1) is 5.41 Å². The molecule has 1 amide bonds.